The number of pyridine rings is 1. The van der Waals surface area contributed by atoms with Gasteiger partial charge in [0.2, 0.25) is 11.3 Å². The topological polar surface area (TPSA) is 94.2 Å². The molecule has 0 spiro atoms. The average molecular weight is 422 g/mol. The van der Waals surface area contributed by atoms with E-state index in [0.717, 1.165) is 0 Å². The lowest BCUT2D eigenvalue weighted by atomic mass is 9.98. The summed E-state index contributed by atoms with van der Waals surface area (Å²) in [6.07, 6.45) is 3.04. The van der Waals surface area contributed by atoms with E-state index in [2.05, 4.69) is 20.6 Å². The lowest BCUT2D eigenvalue weighted by Gasteiger charge is -2.19. The Kier molecular flexibility index (Phi) is 5.04. The molecule has 0 aliphatic heterocycles. The van der Waals surface area contributed by atoms with Crippen LogP contribution in [0, 0.1) is 0 Å². The number of anilines is 1. The van der Waals surface area contributed by atoms with Crippen molar-refractivity contribution in [3.63, 3.8) is 0 Å². The Morgan fingerprint density at radius 1 is 1.23 bits per heavy atom. The Hall–Kier alpha value is -3.62. The van der Waals surface area contributed by atoms with Gasteiger partial charge >= 0.3 is 0 Å². The highest BCUT2D eigenvalue weighted by atomic mass is 19.1. The summed E-state index contributed by atoms with van der Waals surface area (Å²) in [5.74, 6) is -0.367. The van der Waals surface area contributed by atoms with E-state index in [1.807, 2.05) is 13.8 Å². The summed E-state index contributed by atoms with van der Waals surface area (Å²) in [4.78, 5) is 25.6. The molecule has 1 N–H and O–H groups in total. The van der Waals surface area contributed by atoms with Crippen LogP contribution in [0.15, 0.2) is 47.7 Å². The lowest BCUT2D eigenvalue weighted by Crippen LogP contribution is -2.25. The van der Waals surface area contributed by atoms with Crippen molar-refractivity contribution < 1.29 is 9.18 Å². The van der Waals surface area contributed by atoms with Crippen molar-refractivity contribution in [2.24, 2.45) is 0 Å². The van der Waals surface area contributed by atoms with Crippen molar-refractivity contribution in [1.82, 2.24) is 24.4 Å². The number of nitrogens with one attached hydrogen (secondary N) is 1. The van der Waals surface area contributed by atoms with E-state index in [0.29, 0.717) is 27.8 Å². The Labute approximate surface area is 177 Å². The quantitative estimate of drug-likeness (QED) is 0.532. The molecule has 0 aliphatic carbocycles. The molecule has 3 heterocycles. The van der Waals surface area contributed by atoms with Gasteiger partial charge < -0.3 is 5.32 Å². The molecule has 0 aliphatic rings. The Balaban J connectivity index is 1.68. The molecule has 9 heteroatoms. The van der Waals surface area contributed by atoms with E-state index in [4.69, 9.17) is 0 Å². The fourth-order valence-electron chi connectivity index (χ4n) is 3.44. The molecule has 0 unspecified atom stereocenters. The molecule has 1 amide bonds. The van der Waals surface area contributed by atoms with Crippen molar-refractivity contribution in [1.29, 1.82) is 0 Å². The van der Waals surface area contributed by atoms with Gasteiger partial charge in [0.15, 0.2) is 5.65 Å². The van der Waals surface area contributed by atoms with Crippen LogP contribution >= 0.6 is 0 Å². The Morgan fingerprint density at radius 2 is 2.00 bits per heavy atom. The number of nitrogens with zero attached hydrogens (tertiary/aromatic N) is 5. The summed E-state index contributed by atoms with van der Waals surface area (Å²) in [7, 11) is 0. The standard InChI is InChI=1S/C22H23FN6O2/c1-13(2)29-18-9-14(22(3,4)23)5-7-16(18)21(31)17(27-29)10-20(30)25-15-6-8-19-26-24-12-28(19)11-15/h5-9,11-13H,10H2,1-4H3,(H,25,30). The van der Waals surface area contributed by atoms with Crippen LogP contribution in [0.5, 0.6) is 0 Å². The second kappa shape index (κ2) is 7.57. The van der Waals surface area contributed by atoms with Crippen molar-refractivity contribution in [2.75, 3.05) is 5.32 Å². The number of benzene rings is 1. The number of hydrogen-bond acceptors (Lipinski definition) is 5. The van der Waals surface area contributed by atoms with Crippen LogP contribution in [-0.4, -0.2) is 30.3 Å². The highest BCUT2D eigenvalue weighted by Gasteiger charge is 2.22. The molecule has 8 nitrogen and oxygen atoms in total. The maximum atomic E-state index is 14.4. The second-order valence-electron chi connectivity index (χ2n) is 8.26. The molecule has 160 valence electrons. The zero-order valence-electron chi connectivity index (χ0n) is 17.8. The van der Waals surface area contributed by atoms with Crippen LogP contribution in [-0.2, 0) is 16.9 Å². The number of fused-ring (bicyclic) bond motifs is 2. The maximum Gasteiger partial charge on any atom is 0.230 e. The number of halogens is 1. The third-order valence-corrected chi connectivity index (χ3v) is 5.06. The number of aromatic nitrogens is 5. The van der Waals surface area contributed by atoms with E-state index in [1.165, 1.54) is 20.2 Å². The Bertz CT molecular complexity index is 1350. The molecule has 3 aromatic heterocycles. The molecule has 0 radical (unpaired) electrons. The van der Waals surface area contributed by atoms with Crippen molar-refractivity contribution >= 4 is 28.1 Å². The lowest BCUT2D eigenvalue weighted by molar-refractivity contribution is -0.115. The van der Waals surface area contributed by atoms with Crippen molar-refractivity contribution in [3.05, 3.63) is 64.3 Å². The van der Waals surface area contributed by atoms with Gasteiger partial charge in [0, 0.05) is 17.6 Å². The third kappa shape index (κ3) is 4.03. The molecule has 4 aromatic rings. The van der Waals surface area contributed by atoms with Gasteiger partial charge in [-0.1, -0.05) is 6.07 Å². The first-order valence-corrected chi connectivity index (χ1v) is 9.97. The highest BCUT2D eigenvalue weighted by Crippen LogP contribution is 2.27. The predicted molar refractivity (Wildman–Crippen MR) is 116 cm³/mol. The van der Waals surface area contributed by atoms with E-state index < -0.39 is 5.67 Å². The molecule has 0 saturated carbocycles. The van der Waals surface area contributed by atoms with Gasteiger partial charge in [-0.15, -0.1) is 10.2 Å². The van der Waals surface area contributed by atoms with Gasteiger partial charge in [-0.2, -0.15) is 5.10 Å². The number of alkyl halides is 1. The van der Waals surface area contributed by atoms with Gasteiger partial charge in [-0.3, -0.25) is 18.7 Å². The largest absolute Gasteiger partial charge is 0.324 e. The smallest absolute Gasteiger partial charge is 0.230 e. The van der Waals surface area contributed by atoms with Crippen LogP contribution in [0.3, 0.4) is 0 Å². The fraction of sp³-hybridized carbons (Fsp3) is 0.318. The maximum absolute atomic E-state index is 14.4. The molecular weight excluding hydrogens is 399 g/mol. The molecule has 31 heavy (non-hydrogen) atoms. The number of rotatable bonds is 5. The summed E-state index contributed by atoms with van der Waals surface area (Å²) in [6.45, 7) is 6.77. The van der Waals surface area contributed by atoms with E-state index >= 15 is 0 Å². The zero-order valence-corrected chi connectivity index (χ0v) is 17.8. The van der Waals surface area contributed by atoms with Crippen molar-refractivity contribution in [2.45, 2.75) is 45.8 Å². The van der Waals surface area contributed by atoms with Gasteiger partial charge in [-0.25, -0.2) is 4.39 Å². The minimum atomic E-state index is -1.55. The number of amides is 1. The monoisotopic (exact) mass is 422 g/mol. The molecule has 1 aromatic carbocycles. The summed E-state index contributed by atoms with van der Waals surface area (Å²) in [5.41, 5.74) is 0.477. The zero-order chi connectivity index (χ0) is 22.3. The van der Waals surface area contributed by atoms with Gasteiger partial charge in [-0.05, 0) is 57.5 Å². The molecule has 4 rings (SSSR count). The minimum absolute atomic E-state index is 0.0842. The SMILES string of the molecule is CC(C)n1nc(CC(=O)Nc2ccc3nncn3c2)c(=O)c2ccc(C(C)(C)F)cc21. The predicted octanol–water partition coefficient (Wildman–Crippen LogP) is 3.41. The highest BCUT2D eigenvalue weighted by molar-refractivity contribution is 5.92. The van der Waals surface area contributed by atoms with Crippen LogP contribution < -0.4 is 10.7 Å². The van der Waals surface area contributed by atoms with Crippen LogP contribution in [0.4, 0.5) is 10.1 Å². The Morgan fingerprint density at radius 3 is 2.71 bits per heavy atom. The third-order valence-electron chi connectivity index (χ3n) is 5.06. The van der Waals surface area contributed by atoms with E-state index in [9.17, 15) is 14.0 Å². The molecular formula is C22H23FN6O2. The summed E-state index contributed by atoms with van der Waals surface area (Å²) >= 11 is 0. The van der Waals surface area contributed by atoms with E-state index in [1.54, 1.807) is 45.6 Å². The molecule has 0 atom stereocenters. The number of carbonyl (C=O) groups excluding carboxylic acids is 1. The minimum Gasteiger partial charge on any atom is -0.324 e. The van der Waals surface area contributed by atoms with Crippen LogP contribution in [0.25, 0.3) is 16.6 Å². The van der Waals surface area contributed by atoms with Crippen LogP contribution in [0.2, 0.25) is 0 Å². The second-order valence-corrected chi connectivity index (χ2v) is 8.26. The first kappa shape index (κ1) is 20.6. The first-order valence-electron chi connectivity index (χ1n) is 9.97. The average Bonchev–Trinajstić information content (AvgIpc) is 3.16. The molecule has 0 fully saturated rings. The summed E-state index contributed by atoms with van der Waals surface area (Å²) in [6, 6.07) is 8.22. The summed E-state index contributed by atoms with van der Waals surface area (Å²) in [5, 5.41) is 15.3. The van der Waals surface area contributed by atoms with E-state index in [-0.39, 0.29) is 29.5 Å². The van der Waals surface area contributed by atoms with Gasteiger partial charge in [0.05, 0.1) is 17.6 Å². The van der Waals surface area contributed by atoms with Crippen LogP contribution in [0.1, 0.15) is 45.0 Å². The normalized spacial score (nSPS) is 12.1. The molecule has 0 bridgehead atoms. The molecule has 0 saturated heterocycles. The first-order chi connectivity index (χ1) is 14.6. The van der Waals surface area contributed by atoms with Crippen molar-refractivity contribution in [3.8, 4) is 0 Å². The fourth-order valence-corrected chi connectivity index (χ4v) is 3.44. The summed E-state index contributed by atoms with van der Waals surface area (Å²) < 4.78 is 17.8. The number of hydrogen-bond donors (Lipinski definition) is 1. The number of carbonyl (C=O) groups is 1. The van der Waals surface area contributed by atoms with Gasteiger partial charge in [0.1, 0.15) is 17.7 Å². The van der Waals surface area contributed by atoms with Gasteiger partial charge in [0.25, 0.3) is 0 Å².